The quantitative estimate of drug-likeness (QED) is 0.359. The number of methoxy groups -OCH3 is 2. The molecular weight excluding hydrogens is 414 g/mol. The number of nitrogens with two attached hydrogens (primary N) is 1. The highest BCUT2D eigenvalue weighted by atomic mass is 16.6. The Labute approximate surface area is 190 Å². The minimum Gasteiger partial charge on any atom is -0.493 e. The third-order valence-electron chi connectivity index (χ3n) is 5.74. The zero-order valence-corrected chi connectivity index (χ0v) is 19.8. The summed E-state index contributed by atoms with van der Waals surface area (Å²) in [4.78, 5) is 23.5. The third-order valence-corrected chi connectivity index (χ3v) is 5.74. The molecule has 0 aliphatic carbocycles. The van der Waals surface area contributed by atoms with E-state index in [1.165, 1.54) is 6.92 Å². The molecule has 0 radical (unpaired) electrons. The molecule has 0 amide bonds. The van der Waals surface area contributed by atoms with Gasteiger partial charge in [0.25, 0.3) is 0 Å². The van der Waals surface area contributed by atoms with Gasteiger partial charge in [0.2, 0.25) is 0 Å². The number of hydrogen-bond donors (Lipinski definition) is 1. The smallest absolute Gasteiger partial charge is 0.306 e. The third kappa shape index (κ3) is 7.38. The highest BCUT2D eigenvalue weighted by Crippen LogP contribution is 2.39. The van der Waals surface area contributed by atoms with Crippen molar-refractivity contribution in [2.24, 2.45) is 17.6 Å². The van der Waals surface area contributed by atoms with Crippen molar-refractivity contribution < 1.29 is 33.3 Å². The van der Waals surface area contributed by atoms with Crippen LogP contribution in [0.1, 0.15) is 58.1 Å². The highest BCUT2D eigenvalue weighted by Gasteiger charge is 2.36. The number of esters is 2. The van der Waals surface area contributed by atoms with Gasteiger partial charge in [-0.15, -0.1) is 0 Å². The number of benzene rings is 1. The van der Waals surface area contributed by atoms with Crippen LogP contribution in [0.2, 0.25) is 0 Å². The number of ether oxygens (including phenoxy) is 5. The van der Waals surface area contributed by atoms with Crippen LogP contribution in [0.3, 0.4) is 0 Å². The Hall–Kier alpha value is -2.32. The molecule has 0 saturated carbocycles. The average Bonchev–Trinajstić information content (AvgIpc) is 3.19. The first-order valence-corrected chi connectivity index (χ1v) is 11.2. The lowest BCUT2D eigenvalue weighted by atomic mass is 9.80. The average molecular weight is 452 g/mol. The van der Waals surface area contributed by atoms with E-state index >= 15 is 0 Å². The first-order chi connectivity index (χ1) is 15.3. The van der Waals surface area contributed by atoms with E-state index in [0.29, 0.717) is 44.0 Å². The van der Waals surface area contributed by atoms with Gasteiger partial charge in [-0.1, -0.05) is 19.9 Å². The number of rotatable bonds is 13. The van der Waals surface area contributed by atoms with E-state index in [4.69, 9.17) is 29.4 Å². The largest absolute Gasteiger partial charge is 0.493 e. The van der Waals surface area contributed by atoms with E-state index in [9.17, 15) is 9.59 Å². The van der Waals surface area contributed by atoms with Crippen LogP contribution in [0.15, 0.2) is 18.2 Å². The van der Waals surface area contributed by atoms with Crippen LogP contribution in [0.4, 0.5) is 0 Å². The van der Waals surface area contributed by atoms with E-state index in [1.807, 2.05) is 18.2 Å². The summed E-state index contributed by atoms with van der Waals surface area (Å²) in [6, 6.07) is 5.21. The zero-order valence-electron chi connectivity index (χ0n) is 19.8. The summed E-state index contributed by atoms with van der Waals surface area (Å²) in [6.45, 7) is 6.60. The molecule has 4 unspecified atom stereocenters. The van der Waals surface area contributed by atoms with E-state index in [2.05, 4.69) is 13.8 Å². The minimum absolute atomic E-state index is 0.0806. The first-order valence-electron chi connectivity index (χ1n) is 11.2. The molecule has 4 atom stereocenters. The monoisotopic (exact) mass is 451 g/mol. The number of carbonyl (C=O) groups is 2. The van der Waals surface area contributed by atoms with Gasteiger partial charge >= 0.3 is 11.9 Å². The molecular formula is C24H37NO7. The van der Waals surface area contributed by atoms with Gasteiger partial charge in [0.05, 0.1) is 13.7 Å². The van der Waals surface area contributed by atoms with E-state index in [-0.39, 0.29) is 35.9 Å². The van der Waals surface area contributed by atoms with Gasteiger partial charge in [0.1, 0.15) is 12.2 Å². The van der Waals surface area contributed by atoms with Gasteiger partial charge in [-0.05, 0) is 36.5 Å². The molecule has 180 valence electrons. The Morgan fingerprint density at radius 3 is 2.53 bits per heavy atom. The van der Waals surface area contributed by atoms with Crippen LogP contribution >= 0.6 is 0 Å². The van der Waals surface area contributed by atoms with Crippen molar-refractivity contribution in [1.29, 1.82) is 0 Å². The van der Waals surface area contributed by atoms with Crippen LogP contribution in [0, 0.1) is 11.8 Å². The van der Waals surface area contributed by atoms with Gasteiger partial charge in [-0.3, -0.25) is 9.59 Å². The van der Waals surface area contributed by atoms with Crippen molar-refractivity contribution in [3.63, 3.8) is 0 Å². The summed E-state index contributed by atoms with van der Waals surface area (Å²) >= 11 is 0. The summed E-state index contributed by atoms with van der Waals surface area (Å²) in [7, 11) is 3.23. The Kier molecular flexibility index (Phi) is 10.3. The lowest BCUT2D eigenvalue weighted by Crippen LogP contribution is -2.39. The maximum absolute atomic E-state index is 12.0. The Morgan fingerprint density at radius 2 is 1.97 bits per heavy atom. The zero-order chi connectivity index (χ0) is 23.7. The fourth-order valence-electron chi connectivity index (χ4n) is 4.01. The molecule has 2 N–H and O–H groups in total. The van der Waals surface area contributed by atoms with Crippen molar-refractivity contribution in [1.82, 2.24) is 0 Å². The second-order valence-corrected chi connectivity index (χ2v) is 8.51. The van der Waals surface area contributed by atoms with Crippen molar-refractivity contribution in [3.05, 3.63) is 23.8 Å². The SMILES string of the molecule is COCCCOc1cc(C(OC(C)=O)C(CC(N)C2CCC(=O)O2)C(C)C)ccc1OC. The minimum atomic E-state index is -0.525. The van der Waals surface area contributed by atoms with Crippen LogP contribution in [-0.4, -0.2) is 51.5 Å². The van der Waals surface area contributed by atoms with Crippen molar-refractivity contribution in [2.75, 3.05) is 27.4 Å². The first kappa shape index (κ1) is 25.9. The molecule has 0 aromatic heterocycles. The van der Waals surface area contributed by atoms with E-state index in [1.54, 1.807) is 14.2 Å². The molecule has 1 aromatic carbocycles. The fourth-order valence-corrected chi connectivity index (χ4v) is 4.01. The van der Waals surface area contributed by atoms with Gasteiger partial charge in [0.15, 0.2) is 11.5 Å². The van der Waals surface area contributed by atoms with Gasteiger partial charge < -0.3 is 29.4 Å². The maximum atomic E-state index is 12.0. The van der Waals surface area contributed by atoms with Gasteiger partial charge in [-0.25, -0.2) is 0 Å². The lowest BCUT2D eigenvalue weighted by molar-refractivity contribution is -0.151. The van der Waals surface area contributed by atoms with E-state index < -0.39 is 6.10 Å². The highest BCUT2D eigenvalue weighted by molar-refractivity contribution is 5.71. The second kappa shape index (κ2) is 12.6. The van der Waals surface area contributed by atoms with Crippen LogP contribution in [-0.2, 0) is 23.8 Å². The maximum Gasteiger partial charge on any atom is 0.306 e. The normalized spacial score (nSPS) is 18.7. The summed E-state index contributed by atoms with van der Waals surface area (Å²) in [5, 5.41) is 0. The molecule has 1 aromatic rings. The molecule has 1 saturated heterocycles. The standard InChI is InChI=1S/C24H37NO7/c1-15(2)18(14-19(25)20-9-10-23(27)32-20)24(31-16(3)26)17-7-8-21(29-5)22(13-17)30-12-6-11-28-4/h7-8,13,15,18-20,24H,6,9-12,14,25H2,1-5H3. The summed E-state index contributed by atoms with van der Waals surface area (Å²) in [5.74, 6) is 0.671. The number of hydrogen-bond acceptors (Lipinski definition) is 8. The summed E-state index contributed by atoms with van der Waals surface area (Å²) in [5.41, 5.74) is 7.22. The molecule has 0 spiro atoms. The lowest BCUT2D eigenvalue weighted by Gasteiger charge is -2.33. The molecule has 1 heterocycles. The van der Waals surface area contributed by atoms with Gasteiger partial charge in [0, 0.05) is 45.4 Å². The Balaban J connectivity index is 2.28. The van der Waals surface area contributed by atoms with Crippen LogP contribution in [0.25, 0.3) is 0 Å². The summed E-state index contributed by atoms with van der Waals surface area (Å²) < 4.78 is 27.6. The predicted molar refractivity (Wildman–Crippen MR) is 120 cm³/mol. The molecule has 1 aliphatic rings. The Morgan fingerprint density at radius 1 is 1.22 bits per heavy atom. The van der Waals surface area contributed by atoms with Crippen molar-refractivity contribution >= 4 is 11.9 Å². The topological polar surface area (TPSA) is 106 Å². The molecule has 32 heavy (non-hydrogen) atoms. The van der Waals surface area contributed by atoms with Crippen LogP contribution < -0.4 is 15.2 Å². The van der Waals surface area contributed by atoms with Crippen molar-refractivity contribution in [2.45, 2.75) is 64.7 Å². The van der Waals surface area contributed by atoms with E-state index in [0.717, 1.165) is 12.0 Å². The molecule has 1 fully saturated rings. The molecule has 0 bridgehead atoms. The fraction of sp³-hybridized carbons (Fsp3) is 0.667. The Bertz CT molecular complexity index is 752. The number of carbonyl (C=O) groups excluding carboxylic acids is 2. The second-order valence-electron chi connectivity index (χ2n) is 8.51. The molecule has 8 nitrogen and oxygen atoms in total. The molecule has 2 rings (SSSR count). The molecule has 8 heteroatoms. The van der Waals surface area contributed by atoms with Crippen molar-refractivity contribution in [3.8, 4) is 11.5 Å². The number of cyclic esters (lactones) is 1. The van der Waals surface area contributed by atoms with Gasteiger partial charge in [-0.2, -0.15) is 0 Å². The predicted octanol–water partition coefficient (Wildman–Crippen LogP) is 3.41. The molecule has 1 aliphatic heterocycles. The summed E-state index contributed by atoms with van der Waals surface area (Å²) in [6.07, 6.45) is 1.45. The van der Waals surface area contributed by atoms with Crippen LogP contribution in [0.5, 0.6) is 11.5 Å².